The summed E-state index contributed by atoms with van der Waals surface area (Å²) in [5, 5.41) is 10.0. The molecule has 0 atom stereocenters. The zero-order valence-corrected chi connectivity index (χ0v) is 16.3. The van der Waals surface area contributed by atoms with Gasteiger partial charge in [0.05, 0.1) is 12.2 Å². The standard InChI is InChI=1S/C22H23N5O2/c1-16-10-11-25-27(16)20-8-4-18(5-9-20)22(29)24-14-17-2-6-19(7-3-17)26-13-12-23-21(28)15-26/h2-11H,12-15H2,1H3,(H,23,28)(H,24,29). The molecule has 1 aliphatic rings. The van der Waals surface area contributed by atoms with Crippen LogP contribution >= 0.6 is 0 Å². The molecule has 0 bridgehead atoms. The van der Waals surface area contributed by atoms with Gasteiger partial charge in [0, 0.05) is 42.8 Å². The number of amides is 2. The van der Waals surface area contributed by atoms with E-state index in [9.17, 15) is 9.59 Å². The smallest absolute Gasteiger partial charge is 0.251 e. The summed E-state index contributed by atoms with van der Waals surface area (Å²) in [6.45, 7) is 4.27. The zero-order valence-electron chi connectivity index (χ0n) is 16.3. The maximum atomic E-state index is 12.4. The number of hydrogen-bond donors (Lipinski definition) is 2. The molecule has 1 aliphatic heterocycles. The van der Waals surface area contributed by atoms with Gasteiger partial charge in [-0.3, -0.25) is 9.59 Å². The fourth-order valence-electron chi connectivity index (χ4n) is 3.36. The molecule has 0 saturated carbocycles. The van der Waals surface area contributed by atoms with Gasteiger partial charge >= 0.3 is 0 Å². The average Bonchev–Trinajstić information content (AvgIpc) is 3.18. The monoisotopic (exact) mass is 389 g/mol. The minimum absolute atomic E-state index is 0.0429. The molecule has 0 unspecified atom stereocenters. The lowest BCUT2D eigenvalue weighted by Gasteiger charge is -2.28. The van der Waals surface area contributed by atoms with Gasteiger partial charge in [-0.25, -0.2) is 4.68 Å². The molecule has 29 heavy (non-hydrogen) atoms. The second kappa shape index (κ2) is 8.18. The minimum Gasteiger partial charge on any atom is -0.360 e. The summed E-state index contributed by atoms with van der Waals surface area (Å²) in [4.78, 5) is 26.0. The molecule has 4 rings (SSSR count). The van der Waals surface area contributed by atoms with Crippen molar-refractivity contribution in [1.82, 2.24) is 20.4 Å². The summed E-state index contributed by atoms with van der Waals surface area (Å²) in [6, 6.07) is 17.2. The minimum atomic E-state index is -0.120. The van der Waals surface area contributed by atoms with Gasteiger partial charge in [-0.15, -0.1) is 0 Å². The molecule has 2 N–H and O–H groups in total. The molecule has 2 aromatic carbocycles. The van der Waals surface area contributed by atoms with Gasteiger partial charge < -0.3 is 15.5 Å². The number of carbonyl (C=O) groups is 2. The first kappa shape index (κ1) is 18.7. The van der Waals surface area contributed by atoms with Crippen molar-refractivity contribution < 1.29 is 9.59 Å². The molecule has 1 aromatic heterocycles. The van der Waals surface area contributed by atoms with Crippen LogP contribution in [0.15, 0.2) is 60.8 Å². The fourth-order valence-corrected chi connectivity index (χ4v) is 3.36. The molecule has 148 valence electrons. The number of rotatable bonds is 5. The summed E-state index contributed by atoms with van der Waals surface area (Å²) in [5.41, 5.74) is 4.59. The van der Waals surface area contributed by atoms with Crippen molar-refractivity contribution in [3.8, 4) is 5.69 Å². The van der Waals surface area contributed by atoms with Crippen LogP contribution in [-0.4, -0.2) is 41.2 Å². The Morgan fingerprint density at radius 3 is 2.45 bits per heavy atom. The van der Waals surface area contributed by atoms with E-state index in [4.69, 9.17) is 0 Å². The Labute approximate surface area is 169 Å². The van der Waals surface area contributed by atoms with Crippen LogP contribution in [0.4, 0.5) is 5.69 Å². The lowest BCUT2D eigenvalue weighted by atomic mass is 10.1. The number of nitrogens with zero attached hydrogens (tertiary/aromatic N) is 3. The number of nitrogens with one attached hydrogen (secondary N) is 2. The van der Waals surface area contributed by atoms with Crippen LogP contribution in [0, 0.1) is 6.92 Å². The SMILES string of the molecule is Cc1ccnn1-c1ccc(C(=O)NCc2ccc(N3CCNC(=O)C3)cc2)cc1. The van der Waals surface area contributed by atoms with E-state index >= 15 is 0 Å². The summed E-state index contributed by atoms with van der Waals surface area (Å²) >= 11 is 0. The highest BCUT2D eigenvalue weighted by molar-refractivity contribution is 5.94. The third-order valence-corrected chi connectivity index (χ3v) is 5.00. The maximum Gasteiger partial charge on any atom is 0.251 e. The van der Waals surface area contributed by atoms with Gasteiger partial charge in [-0.05, 0) is 55.0 Å². The van der Waals surface area contributed by atoms with Crippen molar-refractivity contribution in [2.75, 3.05) is 24.5 Å². The molecule has 1 fully saturated rings. The van der Waals surface area contributed by atoms with E-state index in [2.05, 4.69) is 15.7 Å². The molecule has 0 spiro atoms. The highest BCUT2D eigenvalue weighted by Crippen LogP contribution is 2.16. The number of benzene rings is 2. The van der Waals surface area contributed by atoms with E-state index in [1.807, 2.05) is 59.0 Å². The Morgan fingerprint density at radius 2 is 1.79 bits per heavy atom. The quantitative estimate of drug-likeness (QED) is 0.700. The third kappa shape index (κ3) is 4.29. The van der Waals surface area contributed by atoms with Crippen LogP contribution in [0.1, 0.15) is 21.6 Å². The van der Waals surface area contributed by atoms with Crippen molar-refractivity contribution in [3.05, 3.63) is 77.6 Å². The normalized spacial score (nSPS) is 13.8. The molecular weight excluding hydrogens is 366 g/mol. The Balaban J connectivity index is 1.34. The van der Waals surface area contributed by atoms with E-state index in [0.717, 1.165) is 29.2 Å². The number of anilines is 1. The first-order valence-electron chi connectivity index (χ1n) is 9.60. The van der Waals surface area contributed by atoms with E-state index in [1.165, 1.54) is 0 Å². The lowest BCUT2D eigenvalue weighted by molar-refractivity contribution is -0.120. The van der Waals surface area contributed by atoms with Gasteiger partial charge in [0.2, 0.25) is 5.91 Å². The Bertz CT molecular complexity index is 1010. The highest BCUT2D eigenvalue weighted by Gasteiger charge is 2.16. The summed E-state index contributed by atoms with van der Waals surface area (Å²) < 4.78 is 1.83. The van der Waals surface area contributed by atoms with E-state index in [1.54, 1.807) is 18.3 Å². The molecule has 1 saturated heterocycles. The van der Waals surface area contributed by atoms with Crippen LogP contribution in [0.25, 0.3) is 5.69 Å². The molecule has 2 heterocycles. The summed E-state index contributed by atoms with van der Waals surface area (Å²) in [5.74, 6) is -0.0770. The zero-order chi connectivity index (χ0) is 20.2. The van der Waals surface area contributed by atoms with Crippen LogP contribution in [-0.2, 0) is 11.3 Å². The topological polar surface area (TPSA) is 79.3 Å². The number of carbonyl (C=O) groups excluding carboxylic acids is 2. The predicted molar refractivity (Wildman–Crippen MR) is 111 cm³/mol. The maximum absolute atomic E-state index is 12.4. The molecule has 3 aromatic rings. The summed E-state index contributed by atoms with van der Waals surface area (Å²) in [7, 11) is 0. The van der Waals surface area contributed by atoms with Gasteiger partial charge in [0.15, 0.2) is 0 Å². The van der Waals surface area contributed by atoms with Gasteiger partial charge in [-0.2, -0.15) is 5.10 Å². The van der Waals surface area contributed by atoms with Crippen molar-refractivity contribution in [3.63, 3.8) is 0 Å². The molecule has 7 nitrogen and oxygen atoms in total. The van der Waals surface area contributed by atoms with Crippen LogP contribution < -0.4 is 15.5 Å². The third-order valence-electron chi connectivity index (χ3n) is 5.00. The highest BCUT2D eigenvalue weighted by atomic mass is 16.2. The number of aryl methyl sites for hydroxylation is 1. The molecular formula is C22H23N5O2. The largest absolute Gasteiger partial charge is 0.360 e. The number of aromatic nitrogens is 2. The fraction of sp³-hybridized carbons (Fsp3) is 0.227. The van der Waals surface area contributed by atoms with Gasteiger partial charge in [0.1, 0.15) is 0 Å². The van der Waals surface area contributed by atoms with Crippen molar-refractivity contribution >= 4 is 17.5 Å². The van der Waals surface area contributed by atoms with Gasteiger partial charge in [0.25, 0.3) is 5.91 Å². The average molecular weight is 389 g/mol. The first-order valence-corrected chi connectivity index (χ1v) is 9.60. The van der Waals surface area contributed by atoms with E-state index in [0.29, 0.717) is 25.2 Å². The van der Waals surface area contributed by atoms with Crippen molar-refractivity contribution in [1.29, 1.82) is 0 Å². The Morgan fingerprint density at radius 1 is 1.07 bits per heavy atom. The molecule has 7 heteroatoms. The van der Waals surface area contributed by atoms with E-state index < -0.39 is 0 Å². The van der Waals surface area contributed by atoms with Crippen LogP contribution in [0.3, 0.4) is 0 Å². The number of piperazine rings is 1. The molecule has 0 radical (unpaired) electrons. The second-order valence-corrected chi connectivity index (χ2v) is 7.05. The first-order chi connectivity index (χ1) is 14.1. The van der Waals surface area contributed by atoms with E-state index in [-0.39, 0.29) is 11.8 Å². The van der Waals surface area contributed by atoms with Crippen molar-refractivity contribution in [2.45, 2.75) is 13.5 Å². The molecule has 2 amide bonds. The molecule has 0 aliphatic carbocycles. The predicted octanol–water partition coefficient (Wildman–Crippen LogP) is 2.05. The van der Waals surface area contributed by atoms with Crippen LogP contribution in [0.2, 0.25) is 0 Å². The Kier molecular flexibility index (Phi) is 5.29. The van der Waals surface area contributed by atoms with Gasteiger partial charge in [-0.1, -0.05) is 12.1 Å². The lowest BCUT2D eigenvalue weighted by Crippen LogP contribution is -2.47. The Hall–Kier alpha value is -3.61. The van der Waals surface area contributed by atoms with Crippen LogP contribution in [0.5, 0.6) is 0 Å². The van der Waals surface area contributed by atoms with Crippen molar-refractivity contribution in [2.24, 2.45) is 0 Å². The number of hydrogen-bond acceptors (Lipinski definition) is 4. The second-order valence-electron chi connectivity index (χ2n) is 7.05. The summed E-state index contributed by atoms with van der Waals surface area (Å²) in [6.07, 6.45) is 1.75.